The Morgan fingerprint density at radius 1 is 0.880 bits per heavy atom. The van der Waals surface area contributed by atoms with E-state index in [1.807, 2.05) is 65.3 Å². The van der Waals surface area contributed by atoms with E-state index < -0.39 is 0 Å². The molecule has 3 rings (SSSR count). The van der Waals surface area contributed by atoms with E-state index in [-0.39, 0.29) is 17.9 Å². The van der Waals surface area contributed by atoms with E-state index in [9.17, 15) is 9.59 Å². The van der Waals surface area contributed by atoms with E-state index in [1.165, 1.54) is 0 Å². The maximum absolute atomic E-state index is 12.8. The smallest absolute Gasteiger partial charge is 0.255 e. The van der Waals surface area contributed by atoms with Gasteiger partial charge in [-0.1, -0.05) is 24.3 Å². The van der Waals surface area contributed by atoms with Crippen LogP contribution in [0.4, 0.5) is 0 Å². The number of nitrogens with zero attached hydrogens (tertiary/aromatic N) is 2. The van der Waals surface area contributed by atoms with Crippen molar-refractivity contribution in [3.63, 3.8) is 0 Å². The Balaban J connectivity index is 1.73. The van der Waals surface area contributed by atoms with Gasteiger partial charge in [0, 0.05) is 32.8 Å². The second-order valence-electron chi connectivity index (χ2n) is 6.06. The lowest BCUT2D eigenvalue weighted by Crippen LogP contribution is -2.55. The van der Waals surface area contributed by atoms with Crippen molar-refractivity contribution in [2.75, 3.05) is 19.6 Å². The summed E-state index contributed by atoms with van der Waals surface area (Å²) in [5.74, 6) is 0.0807. The summed E-state index contributed by atoms with van der Waals surface area (Å²) in [5, 5.41) is 0. The zero-order valence-electron chi connectivity index (χ0n) is 13.8. The quantitative estimate of drug-likeness (QED) is 0.524. The molecule has 1 atom stereocenters. The van der Waals surface area contributed by atoms with Crippen LogP contribution in [0.25, 0.3) is 0 Å². The van der Waals surface area contributed by atoms with Gasteiger partial charge in [0.1, 0.15) is 0 Å². The lowest BCUT2D eigenvalue weighted by molar-refractivity contribution is 0.0413. The van der Waals surface area contributed by atoms with Crippen molar-refractivity contribution in [2.24, 2.45) is 0 Å². The third kappa shape index (κ3) is 3.99. The summed E-state index contributed by atoms with van der Waals surface area (Å²) in [6.07, 6.45) is 0. The van der Waals surface area contributed by atoms with Crippen LogP contribution in [0.15, 0.2) is 48.5 Å². The van der Waals surface area contributed by atoms with Gasteiger partial charge in [0.15, 0.2) is 0 Å². The summed E-state index contributed by atoms with van der Waals surface area (Å²) < 4.78 is 1.91. The molecule has 1 heterocycles. The van der Waals surface area contributed by atoms with Crippen LogP contribution in [0.3, 0.4) is 0 Å². The van der Waals surface area contributed by atoms with Gasteiger partial charge in [-0.05, 0) is 76.4 Å². The SMILES string of the molecule is C[C@@H]1CN(C(=O)c2ccccc2I)CCN1C(=O)c1ccccc1I. The largest absolute Gasteiger partial charge is 0.335 e. The van der Waals surface area contributed by atoms with Crippen LogP contribution in [-0.4, -0.2) is 47.3 Å². The molecule has 1 fully saturated rings. The molecule has 0 aliphatic carbocycles. The molecule has 6 heteroatoms. The Kier molecular flexibility index (Phi) is 5.98. The third-order valence-corrected chi connectivity index (χ3v) is 6.27. The summed E-state index contributed by atoms with van der Waals surface area (Å²) in [6, 6.07) is 15.2. The Morgan fingerprint density at radius 3 is 1.92 bits per heavy atom. The van der Waals surface area contributed by atoms with Gasteiger partial charge in [-0.2, -0.15) is 0 Å². The first-order chi connectivity index (χ1) is 12.0. The number of carbonyl (C=O) groups is 2. The molecule has 0 saturated carbocycles. The molecule has 25 heavy (non-hydrogen) atoms. The van der Waals surface area contributed by atoms with Crippen LogP contribution < -0.4 is 0 Å². The highest BCUT2D eigenvalue weighted by Gasteiger charge is 2.31. The fourth-order valence-corrected chi connectivity index (χ4v) is 4.27. The van der Waals surface area contributed by atoms with Gasteiger partial charge >= 0.3 is 0 Å². The minimum absolute atomic E-state index is 0.0115. The Morgan fingerprint density at radius 2 is 1.40 bits per heavy atom. The van der Waals surface area contributed by atoms with Crippen molar-refractivity contribution in [2.45, 2.75) is 13.0 Å². The molecule has 1 saturated heterocycles. The molecule has 0 spiro atoms. The monoisotopic (exact) mass is 560 g/mol. The van der Waals surface area contributed by atoms with Crippen LogP contribution in [-0.2, 0) is 0 Å². The molecule has 0 unspecified atom stereocenters. The average molecular weight is 560 g/mol. The first kappa shape index (κ1) is 18.6. The molecule has 1 aliphatic heterocycles. The van der Waals surface area contributed by atoms with E-state index in [0.717, 1.165) is 18.3 Å². The maximum Gasteiger partial charge on any atom is 0.255 e. The van der Waals surface area contributed by atoms with Gasteiger partial charge in [0.25, 0.3) is 11.8 Å². The molecule has 130 valence electrons. The topological polar surface area (TPSA) is 40.6 Å². The minimum Gasteiger partial charge on any atom is -0.335 e. The normalized spacial score (nSPS) is 17.5. The van der Waals surface area contributed by atoms with Crippen LogP contribution in [0.2, 0.25) is 0 Å². The van der Waals surface area contributed by atoms with Gasteiger partial charge in [-0.15, -0.1) is 0 Å². The molecule has 2 aromatic carbocycles. The number of halogens is 2. The summed E-state index contributed by atoms with van der Waals surface area (Å²) >= 11 is 4.38. The molecular weight excluding hydrogens is 542 g/mol. The second kappa shape index (κ2) is 8.03. The molecule has 0 radical (unpaired) electrons. The number of amides is 2. The van der Waals surface area contributed by atoms with Gasteiger partial charge in [-0.25, -0.2) is 0 Å². The summed E-state index contributed by atoms with van der Waals surface area (Å²) in [6.45, 7) is 3.67. The van der Waals surface area contributed by atoms with Gasteiger partial charge in [0.2, 0.25) is 0 Å². The van der Waals surface area contributed by atoms with E-state index in [4.69, 9.17) is 0 Å². The van der Waals surface area contributed by atoms with Crippen molar-refractivity contribution < 1.29 is 9.59 Å². The van der Waals surface area contributed by atoms with Gasteiger partial charge in [-0.3, -0.25) is 9.59 Å². The fraction of sp³-hybridized carbons (Fsp3) is 0.263. The van der Waals surface area contributed by atoms with Crippen molar-refractivity contribution in [1.82, 2.24) is 9.80 Å². The molecule has 0 bridgehead atoms. The lowest BCUT2D eigenvalue weighted by Gasteiger charge is -2.40. The van der Waals surface area contributed by atoms with E-state index in [0.29, 0.717) is 19.6 Å². The number of rotatable bonds is 2. The van der Waals surface area contributed by atoms with Crippen LogP contribution >= 0.6 is 45.2 Å². The van der Waals surface area contributed by atoms with Crippen molar-refractivity contribution in [1.29, 1.82) is 0 Å². The molecule has 4 nitrogen and oxygen atoms in total. The summed E-state index contributed by atoms with van der Waals surface area (Å²) in [7, 11) is 0. The maximum atomic E-state index is 12.8. The van der Waals surface area contributed by atoms with Crippen LogP contribution in [0.1, 0.15) is 27.6 Å². The number of benzene rings is 2. The Hall–Kier alpha value is -1.16. The number of carbonyl (C=O) groups excluding carboxylic acids is 2. The first-order valence-electron chi connectivity index (χ1n) is 8.08. The predicted molar refractivity (Wildman–Crippen MR) is 115 cm³/mol. The minimum atomic E-state index is -0.0115. The second-order valence-corrected chi connectivity index (χ2v) is 8.38. The molecule has 0 aromatic heterocycles. The third-order valence-electron chi connectivity index (χ3n) is 4.38. The summed E-state index contributed by atoms with van der Waals surface area (Å²) in [4.78, 5) is 29.4. The Bertz CT molecular complexity index is 810. The highest BCUT2D eigenvalue weighted by Crippen LogP contribution is 2.20. The van der Waals surface area contributed by atoms with Gasteiger partial charge < -0.3 is 9.80 Å². The van der Waals surface area contributed by atoms with E-state index in [2.05, 4.69) is 45.2 Å². The highest BCUT2D eigenvalue weighted by molar-refractivity contribution is 14.1. The van der Waals surface area contributed by atoms with Crippen molar-refractivity contribution in [3.05, 3.63) is 66.8 Å². The van der Waals surface area contributed by atoms with E-state index in [1.54, 1.807) is 0 Å². The molecule has 0 N–H and O–H groups in total. The number of piperazine rings is 1. The molecule has 2 aromatic rings. The lowest BCUT2D eigenvalue weighted by atomic mass is 10.1. The molecule has 1 aliphatic rings. The Labute approximate surface area is 174 Å². The average Bonchev–Trinajstić information content (AvgIpc) is 2.61. The van der Waals surface area contributed by atoms with Crippen molar-refractivity contribution in [3.8, 4) is 0 Å². The fourth-order valence-electron chi connectivity index (χ4n) is 3.04. The highest BCUT2D eigenvalue weighted by atomic mass is 127. The first-order valence-corrected chi connectivity index (χ1v) is 10.2. The number of hydrogen-bond acceptors (Lipinski definition) is 2. The van der Waals surface area contributed by atoms with Crippen LogP contribution in [0, 0.1) is 7.14 Å². The molecule has 2 amide bonds. The van der Waals surface area contributed by atoms with Crippen LogP contribution in [0.5, 0.6) is 0 Å². The van der Waals surface area contributed by atoms with E-state index >= 15 is 0 Å². The number of hydrogen-bond donors (Lipinski definition) is 0. The zero-order valence-corrected chi connectivity index (χ0v) is 18.1. The summed E-state index contributed by atoms with van der Waals surface area (Å²) in [5.41, 5.74) is 1.46. The molecular formula is C19H18I2N2O2. The predicted octanol–water partition coefficient (Wildman–Crippen LogP) is 3.88. The van der Waals surface area contributed by atoms with Gasteiger partial charge in [0.05, 0.1) is 11.1 Å². The van der Waals surface area contributed by atoms with Crippen molar-refractivity contribution >= 4 is 57.0 Å². The zero-order chi connectivity index (χ0) is 18.0. The standard InChI is InChI=1S/C19H18I2N2O2/c1-13-12-22(18(24)14-6-2-4-8-16(14)20)10-11-23(13)19(25)15-7-3-5-9-17(15)21/h2-9,13H,10-12H2,1H3/t13-/m1/s1.